The minimum absolute atomic E-state index is 0.330. The average Bonchev–Trinajstić information content (AvgIpc) is 2.55. The molecule has 0 aromatic heterocycles. The molecule has 0 saturated heterocycles. The summed E-state index contributed by atoms with van der Waals surface area (Å²) in [5, 5.41) is 0.00776. The van der Waals surface area contributed by atoms with Crippen molar-refractivity contribution in [2.45, 2.75) is 25.3 Å². The summed E-state index contributed by atoms with van der Waals surface area (Å²) in [6.45, 7) is 2.49. The first-order valence-electron chi connectivity index (χ1n) is 7.36. The molecule has 0 fully saturated rings. The third kappa shape index (κ3) is 5.45. The first kappa shape index (κ1) is 17.6. The van der Waals surface area contributed by atoms with Gasteiger partial charge in [0, 0.05) is 10.6 Å². The van der Waals surface area contributed by atoms with Crippen LogP contribution in [-0.2, 0) is 22.6 Å². The van der Waals surface area contributed by atoms with Crippen LogP contribution in [-0.4, -0.2) is 18.0 Å². The molecule has 0 amide bonds. The van der Waals surface area contributed by atoms with Gasteiger partial charge in [0.15, 0.2) is 0 Å². The molecule has 2 rings (SSSR count). The molecular weight excluding hydrogens is 335 g/mol. The summed E-state index contributed by atoms with van der Waals surface area (Å²) in [5.41, 5.74) is 1.88. The van der Waals surface area contributed by atoms with Crippen LogP contribution in [0.5, 0.6) is 5.75 Å². The van der Waals surface area contributed by atoms with Crippen LogP contribution in [0.2, 0.25) is 5.02 Å². The fraction of sp³-hybridized carbons (Fsp3) is 0.278. The molecular formula is C18H18Cl2O3. The van der Waals surface area contributed by atoms with Crippen LogP contribution >= 0.6 is 23.2 Å². The minimum Gasteiger partial charge on any atom is -0.489 e. The number of carbonyl (C=O) groups is 1. The lowest BCUT2D eigenvalue weighted by atomic mass is 10.1. The predicted molar refractivity (Wildman–Crippen MR) is 92.2 cm³/mol. The van der Waals surface area contributed by atoms with E-state index in [0.717, 1.165) is 16.9 Å². The first-order valence-corrected chi connectivity index (χ1v) is 8.17. The summed E-state index contributed by atoms with van der Waals surface area (Å²) in [7, 11) is 0. The quantitative estimate of drug-likeness (QED) is 0.538. The number of esters is 1. The Morgan fingerprint density at radius 1 is 1.13 bits per heavy atom. The van der Waals surface area contributed by atoms with Gasteiger partial charge in [-0.05, 0) is 37.1 Å². The fourth-order valence-electron chi connectivity index (χ4n) is 2.02. The topological polar surface area (TPSA) is 35.5 Å². The number of rotatable bonds is 7. The largest absolute Gasteiger partial charge is 0.489 e. The van der Waals surface area contributed by atoms with Gasteiger partial charge in [0.1, 0.15) is 17.7 Å². The number of alkyl halides is 1. The van der Waals surface area contributed by atoms with E-state index in [1.54, 1.807) is 6.92 Å². The maximum absolute atomic E-state index is 11.5. The maximum atomic E-state index is 11.5. The van der Waals surface area contributed by atoms with E-state index in [1.165, 1.54) is 0 Å². The molecule has 0 aliphatic carbocycles. The highest BCUT2D eigenvalue weighted by molar-refractivity contribution is 6.31. The van der Waals surface area contributed by atoms with Gasteiger partial charge in [-0.1, -0.05) is 41.9 Å². The number of benzene rings is 2. The first-order chi connectivity index (χ1) is 11.1. The van der Waals surface area contributed by atoms with Crippen molar-refractivity contribution in [3.63, 3.8) is 0 Å². The van der Waals surface area contributed by atoms with Crippen molar-refractivity contribution < 1.29 is 14.3 Å². The second-order valence-corrected chi connectivity index (χ2v) is 5.88. The van der Waals surface area contributed by atoms with Crippen LogP contribution in [0.25, 0.3) is 0 Å². The van der Waals surface area contributed by atoms with E-state index in [4.69, 9.17) is 32.7 Å². The normalized spacial score (nSPS) is 11.8. The summed E-state index contributed by atoms with van der Waals surface area (Å²) in [5.74, 6) is 0.337. The fourth-order valence-corrected chi connectivity index (χ4v) is 2.45. The van der Waals surface area contributed by atoms with Crippen LogP contribution in [0, 0.1) is 0 Å². The number of ether oxygens (including phenoxy) is 2. The third-order valence-electron chi connectivity index (χ3n) is 3.23. The Kier molecular flexibility index (Phi) is 6.75. The van der Waals surface area contributed by atoms with Crippen LogP contribution in [0.3, 0.4) is 0 Å². The molecule has 0 saturated carbocycles. The zero-order valence-corrected chi connectivity index (χ0v) is 14.3. The van der Waals surface area contributed by atoms with E-state index in [2.05, 4.69) is 0 Å². The van der Waals surface area contributed by atoms with Gasteiger partial charge in [0.05, 0.1) is 6.61 Å². The van der Waals surface area contributed by atoms with Gasteiger partial charge in [0.25, 0.3) is 0 Å². The molecule has 0 heterocycles. The van der Waals surface area contributed by atoms with Crippen molar-refractivity contribution in [1.82, 2.24) is 0 Å². The van der Waals surface area contributed by atoms with E-state index in [0.29, 0.717) is 24.7 Å². The van der Waals surface area contributed by atoms with Crippen molar-refractivity contribution >= 4 is 29.2 Å². The zero-order valence-electron chi connectivity index (χ0n) is 12.8. The number of hydrogen-bond donors (Lipinski definition) is 0. The molecule has 122 valence electrons. The van der Waals surface area contributed by atoms with Gasteiger partial charge in [-0.3, -0.25) is 4.79 Å². The van der Waals surface area contributed by atoms with Crippen LogP contribution in [0.15, 0.2) is 48.5 Å². The van der Waals surface area contributed by atoms with E-state index in [-0.39, 0.29) is 0 Å². The average molecular weight is 353 g/mol. The summed E-state index contributed by atoms with van der Waals surface area (Å²) >= 11 is 12.1. The van der Waals surface area contributed by atoms with Crippen molar-refractivity contribution in [3.05, 3.63) is 64.7 Å². The predicted octanol–water partition coefficient (Wildman–Crippen LogP) is 4.63. The Morgan fingerprint density at radius 3 is 2.48 bits per heavy atom. The zero-order chi connectivity index (χ0) is 16.7. The Balaban J connectivity index is 1.89. The van der Waals surface area contributed by atoms with Crippen molar-refractivity contribution in [1.29, 1.82) is 0 Å². The molecule has 0 N–H and O–H groups in total. The van der Waals surface area contributed by atoms with Gasteiger partial charge in [-0.25, -0.2) is 0 Å². The summed E-state index contributed by atoms with van der Waals surface area (Å²) in [6, 6.07) is 15.0. The molecule has 0 aliphatic rings. The van der Waals surface area contributed by atoms with E-state index in [1.807, 2.05) is 48.5 Å². The Labute approximate surface area is 146 Å². The lowest BCUT2D eigenvalue weighted by Gasteiger charge is -2.10. The second kappa shape index (κ2) is 8.80. The SMILES string of the molecule is CCOC(=O)C(Cl)Cc1ccc(OCc2ccccc2Cl)cc1. The highest BCUT2D eigenvalue weighted by Gasteiger charge is 2.16. The molecule has 0 aliphatic heterocycles. The molecule has 1 atom stereocenters. The standard InChI is InChI=1S/C18H18Cl2O3/c1-2-22-18(21)17(20)11-13-7-9-15(10-8-13)23-12-14-5-3-4-6-16(14)19/h3-10,17H,2,11-12H2,1H3. The summed E-state index contributed by atoms with van der Waals surface area (Å²) in [4.78, 5) is 11.5. The van der Waals surface area contributed by atoms with E-state index >= 15 is 0 Å². The van der Waals surface area contributed by atoms with Crippen molar-refractivity contribution in [2.24, 2.45) is 0 Å². The van der Waals surface area contributed by atoms with E-state index in [9.17, 15) is 4.79 Å². The summed E-state index contributed by atoms with van der Waals surface area (Å²) < 4.78 is 10.6. The smallest absolute Gasteiger partial charge is 0.324 e. The van der Waals surface area contributed by atoms with Gasteiger partial charge in [-0.2, -0.15) is 0 Å². The Bertz CT molecular complexity index is 641. The lowest BCUT2D eigenvalue weighted by molar-refractivity contribution is -0.142. The van der Waals surface area contributed by atoms with Crippen LogP contribution in [0.1, 0.15) is 18.1 Å². The van der Waals surface area contributed by atoms with Gasteiger partial charge >= 0.3 is 5.97 Å². The number of carbonyl (C=O) groups excluding carboxylic acids is 1. The highest BCUT2D eigenvalue weighted by atomic mass is 35.5. The number of halogens is 2. The second-order valence-electron chi connectivity index (χ2n) is 4.95. The molecule has 3 nitrogen and oxygen atoms in total. The molecule has 2 aromatic rings. The van der Waals surface area contributed by atoms with Crippen molar-refractivity contribution in [3.8, 4) is 5.75 Å². The Morgan fingerprint density at radius 2 is 1.83 bits per heavy atom. The lowest BCUT2D eigenvalue weighted by Crippen LogP contribution is -2.20. The van der Waals surface area contributed by atoms with Gasteiger partial charge in [-0.15, -0.1) is 11.6 Å². The summed E-state index contributed by atoms with van der Waals surface area (Å²) in [6.07, 6.45) is 0.422. The van der Waals surface area contributed by atoms with E-state index < -0.39 is 11.3 Å². The third-order valence-corrected chi connectivity index (χ3v) is 3.93. The maximum Gasteiger partial charge on any atom is 0.324 e. The minimum atomic E-state index is -0.676. The van der Waals surface area contributed by atoms with Crippen molar-refractivity contribution in [2.75, 3.05) is 6.61 Å². The Hall–Kier alpha value is -1.71. The molecule has 0 spiro atoms. The molecule has 23 heavy (non-hydrogen) atoms. The molecule has 1 unspecified atom stereocenters. The monoisotopic (exact) mass is 352 g/mol. The van der Waals surface area contributed by atoms with Crippen LogP contribution in [0.4, 0.5) is 0 Å². The number of hydrogen-bond acceptors (Lipinski definition) is 3. The molecule has 2 aromatic carbocycles. The van der Waals surface area contributed by atoms with Gasteiger partial charge < -0.3 is 9.47 Å². The highest BCUT2D eigenvalue weighted by Crippen LogP contribution is 2.20. The van der Waals surface area contributed by atoms with Crippen LogP contribution < -0.4 is 4.74 Å². The molecule has 0 radical (unpaired) electrons. The van der Waals surface area contributed by atoms with Gasteiger partial charge in [0.2, 0.25) is 0 Å². The molecule has 0 bridgehead atoms. The molecule has 5 heteroatoms.